The first-order chi connectivity index (χ1) is 8.25. The van der Waals surface area contributed by atoms with Gasteiger partial charge in [-0.25, -0.2) is 0 Å². The van der Waals surface area contributed by atoms with Crippen LogP contribution in [-0.4, -0.2) is 48.7 Å². The van der Waals surface area contributed by atoms with Crippen molar-refractivity contribution in [2.24, 2.45) is 0 Å². The molecular formula is C12H16N2O3. The average Bonchev–Trinajstić information content (AvgIpc) is 2.39. The van der Waals surface area contributed by atoms with Crippen molar-refractivity contribution in [3.63, 3.8) is 0 Å². The van der Waals surface area contributed by atoms with Crippen molar-refractivity contribution in [3.8, 4) is 5.75 Å². The monoisotopic (exact) mass is 236 g/mol. The van der Waals surface area contributed by atoms with E-state index in [0.29, 0.717) is 32.1 Å². The van der Waals surface area contributed by atoms with Crippen molar-refractivity contribution < 1.29 is 14.3 Å². The lowest BCUT2D eigenvalue weighted by Crippen LogP contribution is -2.42. The van der Waals surface area contributed by atoms with Gasteiger partial charge in [-0.05, 0) is 19.1 Å². The molecule has 0 atom stereocenters. The summed E-state index contributed by atoms with van der Waals surface area (Å²) in [7, 11) is 0. The Labute approximate surface area is 100 Å². The first-order valence-electron chi connectivity index (χ1n) is 5.67. The van der Waals surface area contributed by atoms with E-state index in [2.05, 4.69) is 4.98 Å². The largest absolute Gasteiger partial charge is 0.482 e. The van der Waals surface area contributed by atoms with Crippen LogP contribution in [0.15, 0.2) is 18.3 Å². The summed E-state index contributed by atoms with van der Waals surface area (Å²) in [5, 5.41) is 0. The molecule has 0 aromatic carbocycles. The van der Waals surface area contributed by atoms with Crippen LogP contribution in [-0.2, 0) is 9.53 Å². The van der Waals surface area contributed by atoms with E-state index in [-0.39, 0.29) is 12.5 Å². The van der Waals surface area contributed by atoms with Crippen LogP contribution in [0.25, 0.3) is 0 Å². The summed E-state index contributed by atoms with van der Waals surface area (Å²) in [4.78, 5) is 17.6. The van der Waals surface area contributed by atoms with Gasteiger partial charge in [-0.3, -0.25) is 9.78 Å². The third-order valence-electron chi connectivity index (χ3n) is 2.61. The number of amides is 1. The lowest BCUT2D eigenvalue weighted by molar-refractivity contribution is -0.137. The number of pyridine rings is 1. The van der Waals surface area contributed by atoms with E-state index in [1.54, 1.807) is 11.1 Å². The SMILES string of the molecule is Cc1ccc(OCC(=O)N2CCOCC2)cn1. The molecule has 5 nitrogen and oxygen atoms in total. The second kappa shape index (κ2) is 5.63. The summed E-state index contributed by atoms with van der Waals surface area (Å²) in [5.41, 5.74) is 0.928. The van der Waals surface area contributed by atoms with Gasteiger partial charge in [0.25, 0.3) is 5.91 Å². The summed E-state index contributed by atoms with van der Waals surface area (Å²) in [5.74, 6) is 0.617. The summed E-state index contributed by atoms with van der Waals surface area (Å²) >= 11 is 0. The van der Waals surface area contributed by atoms with Crippen molar-refractivity contribution in [1.29, 1.82) is 0 Å². The molecule has 0 bridgehead atoms. The number of hydrogen-bond acceptors (Lipinski definition) is 4. The summed E-state index contributed by atoms with van der Waals surface area (Å²) in [6.07, 6.45) is 1.63. The second-order valence-electron chi connectivity index (χ2n) is 3.92. The Bertz CT molecular complexity index is 372. The molecule has 1 aromatic heterocycles. The average molecular weight is 236 g/mol. The zero-order valence-corrected chi connectivity index (χ0v) is 9.89. The van der Waals surface area contributed by atoms with Crippen LogP contribution in [0.3, 0.4) is 0 Å². The van der Waals surface area contributed by atoms with Gasteiger partial charge in [-0.2, -0.15) is 0 Å². The van der Waals surface area contributed by atoms with Crippen LogP contribution < -0.4 is 4.74 Å². The maximum Gasteiger partial charge on any atom is 0.260 e. The fourth-order valence-electron chi connectivity index (χ4n) is 1.59. The van der Waals surface area contributed by atoms with E-state index in [1.807, 2.05) is 19.1 Å². The van der Waals surface area contributed by atoms with Crippen LogP contribution in [0, 0.1) is 6.92 Å². The lowest BCUT2D eigenvalue weighted by Gasteiger charge is -2.26. The van der Waals surface area contributed by atoms with E-state index in [4.69, 9.17) is 9.47 Å². The van der Waals surface area contributed by atoms with Gasteiger partial charge in [0.15, 0.2) is 6.61 Å². The van der Waals surface area contributed by atoms with Gasteiger partial charge in [0, 0.05) is 18.8 Å². The Balaban J connectivity index is 1.81. The number of nitrogens with zero attached hydrogens (tertiary/aromatic N) is 2. The maximum atomic E-state index is 11.8. The molecular weight excluding hydrogens is 220 g/mol. The number of aromatic nitrogens is 1. The van der Waals surface area contributed by atoms with E-state index in [0.717, 1.165) is 5.69 Å². The fraction of sp³-hybridized carbons (Fsp3) is 0.500. The van der Waals surface area contributed by atoms with Gasteiger partial charge in [0.2, 0.25) is 0 Å². The number of rotatable bonds is 3. The summed E-state index contributed by atoms with van der Waals surface area (Å²) < 4.78 is 10.6. The molecule has 2 heterocycles. The van der Waals surface area contributed by atoms with Crippen molar-refractivity contribution >= 4 is 5.91 Å². The van der Waals surface area contributed by atoms with E-state index < -0.39 is 0 Å². The van der Waals surface area contributed by atoms with Crippen molar-refractivity contribution in [2.75, 3.05) is 32.9 Å². The standard InChI is InChI=1S/C12H16N2O3/c1-10-2-3-11(8-13-10)17-9-12(15)14-4-6-16-7-5-14/h2-3,8H,4-7,9H2,1H3. The molecule has 2 rings (SSSR count). The minimum atomic E-state index is -0.00567. The molecule has 92 valence electrons. The number of hydrogen-bond donors (Lipinski definition) is 0. The van der Waals surface area contributed by atoms with Gasteiger partial charge < -0.3 is 14.4 Å². The number of ether oxygens (including phenoxy) is 2. The molecule has 1 saturated heterocycles. The molecule has 1 aromatic rings. The lowest BCUT2D eigenvalue weighted by atomic mass is 10.4. The molecule has 1 aliphatic rings. The topological polar surface area (TPSA) is 51.7 Å². The van der Waals surface area contributed by atoms with Crippen molar-refractivity contribution in [3.05, 3.63) is 24.0 Å². The first kappa shape index (κ1) is 11.9. The molecule has 0 radical (unpaired) electrons. The quantitative estimate of drug-likeness (QED) is 0.772. The minimum absolute atomic E-state index is 0.00567. The van der Waals surface area contributed by atoms with E-state index >= 15 is 0 Å². The fourth-order valence-corrected chi connectivity index (χ4v) is 1.59. The molecule has 1 aliphatic heterocycles. The highest BCUT2D eigenvalue weighted by Crippen LogP contribution is 2.08. The Hall–Kier alpha value is -1.62. The van der Waals surface area contributed by atoms with Gasteiger partial charge in [-0.1, -0.05) is 0 Å². The molecule has 0 saturated carbocycles. The zero-order chi connectivity index (χ0) is 12.1. The van der Waals surface area contributed by atoms with Gasteiger partial charge in [-0.15, -0.1) is 0 Å². The Kier molecular flexibility index (Phi) is 3.93. The van der Waals surface area contributed by atoms with Crippen LogP contribution in [0.1, 0.15) is 5.69 Å². The Morgan fingerprint density at radius 2 is 2.24 bits per heavy atom. The van der Waals surface area contributed by atoms with Crippen LogP contribution in [0.5, 0.6) is 5.75 Å². The maximum absolute atomic E-state index is 11.8. The highest BCUT2D eigenvalue weighted by Gasteiger charge is 2.16. The first-order valence-corrected chi connectivity index (χ1v) is 5.67. The number of carbonyl (C=O) groups is 1. The number of morpholine rings is 1. The number of carbonyl (C=O) groups excluding carboxylic acids is 1. The van der Waals surface area contributed by atoms with E-state index in [9.17, 15) is 4.79 Å². The van der Waals surface area contributed by atoms with Crippen molar-refractivity contribution in [1.82, 2.24) is 9.88 Å². The normalized spacial score (nSPS) is 15.7. The van der Waals surface area contributed by atoms with Gasteiger partial charge in [0.05, 0.1) is 19.4 Å². The molecule has 17 heavy (non-hydrogen) atoms. The summed E-state index contributed by atoms with van der Waals surface area (Å²) in [6, 6.07) is 3.67. The predicted octanol–water partition coefficient (Wildman–Crippen LogP) is 0.628. The molecule has 0 unspecified atom stereocenters. The smallest absolute Gasteiger partial charge is 0.260 e. The Morgan fingerprint density at radius 1 is 1.47 bits per heavy atom. The zero-order valence-electron chi connectivity index (χ0n) is 9.89. The molecule has 0 spiro atoms. The van der Waals surface area contributed by atoms with Crippen LogP contribution in [0.4, 0.5) is 0 Å². The van der Waals surface area contributed by atoms with Crippen LogP contribution >= 0.6 is 0 Å². The van der Waals surface area contributed by atoms with E-state index in [1.165, 1.54) is 0 Å². The molecule has 1 amide bonds. The molecule has 5 heteroatoms. The van der Waals surface area contributed by atoms with Gasteiger partial charge >= 0.3 is 0 Å². The number of aryl methyl sites for hydroxylation is 1. The Morgan fingerprint density at radius 3 is 2.88 bits per heavy atom. The molecule has 0 N–H and O–H groups in total. The third kappa shape index (κ3) is 3.42. The molecule has 1 fully saturated rings. The molecule has 0 aliphatic carbocycles. The highest BCUT2D eigenvalue weighted by molar-refractivity contribution is 5.77. The summed E-state index contributed by atoms with van der Waals surface area (Å²) in [6.45, 7) is 4.48. The highest BCUT2D eigenvalue weighted by atomic mass is 16.5. The van der Waals surface area contributed by atoms with Crippen molar-refractivity contribution in [2.45, 2.75) is 6.92 Å². The van der Waals surface area contributed by atoms with Gasteiger partial charge in [0.1, 0.15) is 5.75 Å². The van der Waals surface area contributed by atoms with Crippen LogP contribution in [0.2, 0.25) is 0 Å². The third-order valence-corrected chi connectivity index (χ3v) is 2.61. The minimum Gasteiger partial charge on any atom is -0.482 e. The predicted molar refractivity (Wildman–Crippen MR) is 61.9 cm³/mol. The second-order valence-corrected chi connectivity index (χ2v) is 3.92.